The zero-order valence-electron chi connectivity index (χ0n) is 14.9. The molecule has 4 rings (SSSR count). The lowest BCUT2D eigenvalue weighted by Gasteiger charge is -2.41. The lowest BCUT2D eigenvalue weighted by atomic mass is 9.75. The predicted octanol–water partition coefficient (Wildman–Crippen LogP) is 3.43. The number of piperidine rings is 1. The number of hydrogen-bond acceptors (Lipinski definition) is 4. The standard InChI is InChI=1S/C21H24N2O3/c24-20(23-12-11-15-5-1-2-7-17(15)13-23)14-26-21(25)19-10-9-16-6-3-4-8-18(16)22-19/h3-4,6,8-10,15,17H,1-2,5,7,11-14H2/t15-,17+/m0/s1. The molecule has 5 heteroatoms. The van der Waals surface area contributed by atoms with Crippen molar-refractivity contribution in [2.24, 2.45) is 11.8 Å². The first kappa shape index (κ1) is 17.0. The van der Waals surface area contributed by atoms with E-state index in [0.29, 0.717) is 5.92 Å². The van der Waals surface area contributed by atoms with Gasteiger partial charge in [0.05, 0.1) is 5.52 Å². The molecule has 1 aromatic carbocycles. The van der Waals surface area contributed by atoms with Gasteiger partial charge in [-0.2, -0.15) is 0 Å². The third-order valence-corrected chi connectivity index (χ3v) is 5.78. The van der Waals surface area contributed by atoms with Crippen LogP contribution in [0.25, 0.3) is 10.9 Å². The fraction of sp³-hybridized carbons (Fsp3) is 0.476. The maximum Gasteiger partial charge on any atom is 0.357 e. The number of ether oxygens (including phenoxy) is 1. The molecule has 2 aliphatic rings. The molecule has 1 aliphatic heterocycles. The number of aromatic nitrogens is 1. The number of hydrogen-bond donors (Lipinski definition) is 0. The van der Waals surface area contributed by atoms with Crippen molar-refractivity contribution in [3.63, 3.8) is 0 Å². The van der Waals surface area contributed by atoms with Crippen LogP contribution in [0.15, 0.2) is 36.4 Å². The first-order valence-electron chi connectivity index (χ1n) is 9.51. The Bertz CT molecular complexity index is 820. The zero-order valence-corrected chi connectivity index (χ0v) is 14.9. The molecule has 5 nitrogen and oxygen atoms in total. The van der Waals surface area contributed by atoms with Crippen LogP contribution in [0.2, 0.25) is 0 Å². The summed E-state index contributed by atoms with van der Waals surface area (Å²) in [6.45, 7) is 1.39. The van der Waals surface area contributed by atoms with Crippen molar-refractivity contribution in [1.29, 1.82) is 0 Å². The van der Waals surface area contributed by atoms with Gasteiger partial charge in [-0.3, -0.25) is 4.79 Å². The molecule has 0 unspecified atom stereocenters. The van der Waals surface area contributed by atoms with E-state index in [1.165, 1.54) is 25.7 Å². The Balaban J connectivity index is 1.34. The van der Waals surface area contributed by atoms with Gasteiger partial charge in [-0.05, 0) is 36.8 Å². The molecule has 1 saturated carbocycles. The second kappa shape index (κ2) is 7.44. The van der Waals surface area contributed by atoms with Crippen LogP contribution in [0.4, 0.5) is 0 Å². The minimum atomic E-state index is -0.545. The molecule has 0 bridgehead atoms. The number of nitrogens with zero attached hydrogens (tertiary/aromatic N) is 2. The van der Waals surface area contributed by atoms with E-state index in [1.54, 1.807) is 6.07 Å². The largest absolute Gasteiger partial charge is 0.451 e. The number of benzene rings is 1. The highest BCUT2D eigenvalue weighted by molar-refractivity contribution is 5.92. The highest BCUT2D eigenvalue weighted by Gasteiger charge is 2.33. The molecule has 2 fully saturated rings. The van der Waals surface area contributed by atoms with Gasteiger partial charge in [0.1, 0.15) is 5.69 Å². The van der Waals surface area contributed by atoms with E-state index in [-0.39, 0.29) is 18.2 Å². The Morgan fingerprint density at radius 3 is 2.73 bits per heavy atom. The average Bonchev–Trinajstić information content (AvgIpc) is 2.71. The van der Waals surface area contributed by atoms with Crippen LogP contribution in [0.3, 0.4) is 0 Å². The summed E-state index contributed by atoms with van der Waals surface area (Å²) in [6, 6.07) is 11.1. The molecule has 1 aromatic heterocycles. The van der Waals surface area contributed by atoms with Crippen LogP contribution < -0.4 is 0 Å². The number of carbonyl (C=O) groups excluding carboxylic acids is 2. The third kappa shape index (κ3) is 3.57. The highest BCUT2D eigenvalue weighted by atomic mass is 16.5. The maximum atomic E-state index is 12.4. The lowest BCUT2D eigenvalue weighted by molar-refractivity contribution is -0.137. The first-order chi connectivity index (χ1) is 12.7. The number of fused-ring (bicyclic) bond motifs is 2. The molecule has 1 saturated heterocycles. The van der Waals surface area contributed by atoms with Crippen molar-refractivity contribution < 1.29 is 14.3 Å². The first-order valence-corrected chi connectivity index (χ1v) is 9.51. The monoisotopic (exact) mass is 352 g/mol. The van der Waals surface area contributed by atoms with Gasteiger partial charge in [0.25, 0.3) is 5.91 Å². The molecule has 0 radical (unpaired) electrons. The number of pyridine rings is 1. The molecule has 0 spiro atoms. The fourth-order valence-corrected chi connectivity index (χ4v) is 4.30. The van der Waals surface area contributed by atoms with Crippen molar-refractivity contribution >= 4 is 22.8 Å². The highest BCUT2D eigenvalue weighted by Crippen LogP contribution is 2.36. The Morgan fingerprint density at radius 1 is 1.04 bits per heavy atom. The smallest absolute Gasteiger partial charge is 0.357 e. The van der Waals surface area contributed by atoms with Gasteiger partial charge in [-0.15, -0.1) is 0 Å². The minimum absolute atomic E-state index is 0.0943. The SMILES string of the molecule is O=C(OCC(=O)N1CC[C@@H]2CCCC[C@@H]2C1)c1ccc2ccccc2n1. The predicted molar refractivity (Wildman–Crippen MR) is 98.7 cm³/mol. The summed E-state index contributed by atoms with van der Waals surface area (Å²) in [5, 5.41) is 0.968. The van der Waals surface area contributed by atoms with Gasteiger partial charge in [0, 0.05) is 18.5 Å². The molecule has 26 heavy (non-hydrogen) atoms. The van der Waals surface area contributed by atoms with Gasteiger partial charge < -0.3 is 9.64 Å². The molecular formula is C21H24N2O3. The summed E-state index contributed by atoms with van der Waals surface area (Å²) >= 11 is 0. The molecule has 1 aliphatic carbocycles. The van der Waals surface area contributed by atoms with Gasteiger partial charge in [0.2, 0.25) is 0 Å². The number of carbonyl (C=O) groups is 2. The van der Waals surface area contributed by atoms with Crippen molar-refractivity contribution in [3.8, 4) is 0 Å². The number of para-hydroxylation sites is 1. The third-order valence-electron chi connectivity index (χ3n) is 5.78. The molecule has 2 atom stereocenters. The van der Waals surface area contributed by atoms with Crippen LogP contribution in [-0.4, -0.2) is 41.5 Å². The van der Waals surface area contributed by atoms with Gasteiger partial charge in [0.15, 0.2) is 6.61 Å². The van der Waals surface area contributed by atoms with E-state index in [9.17, 15) is 9.59 Å². The average molecular weight is 352 g/mol. The summed E-state index contributed by atoms with van der Waals surface area (Å²) < 4.78 is 5.24. The topological polar surface area (TPSA) is 59.5 Å². The molecule has 2 heterocycles. The maximum absolute atomic E-state index is 12.4. The number of rotatable bonds is 3. The Hall–Kier alpha value is -2.43. The van der Waals surface area contributed by atoms with Gasteiger partial charge >= 0.3 is 5.97 Å². The number of amides is 1. The summed E-state index contributed by atoms with van der Waals surface area (Å²) in [6.07, 6.45) is 6.19. The molecule has 0 N–H and O–H groups in total. The van der Waals surface area contributed by atoms with Crippen LogP contribution in [0, 0.1) is 11.8 Å². The Morgan fingerprint density at radius 2 is 1.85 bits per heavy atom. The molecule has 136 valence electrons. The normalized spacial score (nSPS) is 22.7. The fourth-order valence-electron chi connectivity index (χ4n) is 4.30. The Labute approximate surface area is 153 Å². The van der Waals surface area contributed by atoms with E-state index < -0.39 is 5.97 Å². The summed E-state index contributed by atoms with van der Waals surface area (Å²) in [5.74, 6) is 0.760. The van der Waals surface area contributed by atoms with Gasteiger partial charge in [-0.1, -0.05) is 43.5 Å². The van der Waals surface area contributed by atoms with E-state index in [1.807, 2.05) is 35.2 Å². The second-order valence-electron chi connectivity index (χ2n) is 7.40. The lowest BCUT2D eigenvalue weighted by Crippen LogP contribution is -2.46. The summed E-state index contributed by atoms with van der Waals surface area (Å²) in [5.41, 5.74) is 0.982. The molecular weight excluding hydrogens is 328 g/mol. The molecule has 2 aromatic rings. The number of esters is 1. The van der Waals surface area contributed by atoms with Crippen molar-refractivity contribution in [1.82, 2.24) is 9.88 Å². The summed E-state index contributed by atoms with van der Waals surface area (Å²) in [7, 11) is 0. The van der Waals surface area contributed by atoms with Crippen LogP contribution in [0.1, 0.15) is 42.6 Å². The van der Waals surface area contributed by atoms with Gasteiger partial charge in [-0.25, -0.2) is 9.78 Å². The quantitative estimate of drug-likeness (QED) is 0.794. The zero-order chi connectivity index (χ0) is 17.9. The van der Waals surface area contributed by atoms with Crippen LogP contribution >= 0.6 is 0 Å². The van der Waals surface area contributed by atoms with Crippen molar-refractivity contribution in [3.05, 3.63) is 42.1 Å². The second-order valence-corrected chi connectivity index (χ2v) is 7.40. The summed E-state index contributed by atoms with van der Waals surface area (Å²) in [4.78, 5) is 30.9. The Kier molecular flexibility index (Phi) is 4.87. The minimum Gasteiger partial charge on any atom is -0.451 e. The van der Waals surface area contributed by atoms with E-state index in [4.69, 9.17) is 4.74 Å². The van der Waals surface area contributed by atoms with Crippen molar-refractivity contribution in [2.75, 3.05) is 19.7 Å². The van der Waals surface area contributed by atoms with Crippen molar-refractivity contribution in [2.45, 2.75) is 32.1 Å². The van der Waals surface area contributed by atoms with E-state index in [2.05, 4.69) is 4.98 Å². The number of likely N-dealkylation sites (tertiary alicyclic amines) is 1. The van der Waals surface area contributed by atoms with Crippen LogP contribution in [0.5, 0.6) is 0 Å². The van der Waals surface area contributed by atoms with E-state index in [0.717, 1.165) is 36.3 Å². The van der Waals surface area contributed by atoms with E-state index >= 15 is 0 Å². The van der Waals surface area contributed by atoms with Crippen LogP contribution in [-0.2, 0) is 9.53 Å². The molecule has 1 amide bonds.